The number of nitro groups is 1. The molecule has 28 heavy (non-hydrogen) atoms. The Hall–Kier alpha value is -4.52. The van der Waals surface area contributed by atoms with Gasteiger partial charge in [0.25, 0.3) is 0 Å². The van der Waals surface area contributed by atoms with E-state index in [4.69, 9.17) is 4.63 Å². The monoisotopic (exact) mass is 373 g/mol. The van der Waals surface area contributed by atoms with Crippen molar-refractivity contribution in [1.82, 2.24) is 15.3 Å². The normalized spacial score (nSPS) is 10.4. The molecule has 2 aromatic carbocycles. The zero-order valence-corrected chi connectivity index (χ0v) is 14.2. The lowest BCUT2D eigenvalue weighted by atomic mass is 10.1. The van der Waals surface area contributed by atoms with Crippen LogP contribution in [0.3, 0.4) is 0 Å². The van der Waals surface area contributed by atoms with Gasteiger partial charge in [0.15, 0.2) is 5.52 Å². The van der Waals surface area contributed by atoms with Crippen molar-refractivity contribution in [2.75, 3.05) is 10.6 Å². The molecule has 2 heterocycles. The third-order valence-electron chi connectivity index (χ3n) is 3.94. The van der Waals surface area contributed by atoms with Crippen LogP contribution < -0.4 is 10.6 Å². The summed E-state index contributed by atoms with van der Waals surface area (Å²) in [5, 5.41) is 34.4. The predicted octanol–water partition coefficient (Wildman–Crippen LogP) is 3.88. The molecule has 10 heteroatoms. The van der Waals surface area contributed by atoms with Gasteiger partial charge in [-0.2, -0.15) is 5.26 Å². The van der Waals surface area contributed by atoms with Crippen LogP contribution in [0.1, 0.15) is 5.56 Å². The van der Waals surface area contributed by atoms with Crippen molar-refractivity contribution in [1.29, 1.82) is 5.26 Å². The Bertz CT molecular complexity index is 1220. The van der Waals surface area contributed by atoms with Crippen LogP contribution in [0.25, 0.3) is 11.0 Å². The highest BCUT2D eigenvalue weighted by atomic mass is 16.6. The molecule has 0 bridgehead atoms. The van der Waals surface area contributed by atoms with Crippen LogP contribution >= 0.6 is 0 Å². The number of nitriles is 1. The Labute approximate surface area is 157 Å². The maximum Gasteiger partial charge on any atom is 0.324 e. The number of hydrogen-bond acceptors (Lipinski definition) is 9. The molecular formula is C18H11N7O3. The minimum absolute atomic E-state index is 0.0251. The number of aromatic nitrogens is 3. The van der Waals surface area contributed by atoms with Crippen molar-refractivity contribution in [3.8, 4) is 6.07 Å². The molecule has 0 fully saturated rings. The molecule has 2 aromatic heterocycles. The average molecular weight is 373 g/mol. The van der Waals surface area contributed by atoms with Crippen LogP contribution in [0.5, 0.6) is 0 Å². The van der Waals surface area contributed by atoms with Crippen LogP contribution in [0.2, 0.25) is 0 Å². The fraction of sp³-hybridized carbons (Fsp3) is 0. The third kappa shape index (κ3) is 3.04. The minimum atomic E-state index is -0.565. The lowest BCUT2D eigenvalue weighted by Crippen LogP contribution is -2.02. The largest absolute Gasteiger partial charge is 0.352 e. The summed E-state index contributed by atoms with van der Waals surface area (Å²) in [5.74, 6) is 0.421. The van der Waals surface area contributed by atoms with Crippen LogP contribution in [-0.2, 0) is 0 Å². The Morgan fingerprint density at radius 3 is 2.54 bits per heavy atom. The van der Waals surface area contributed by atoms with E-state index in [0.717, 1.165) is 0 Å². The second-order valence-corrected chi connectivity index (χ2v) is 5.66. The molecule has 0 aliphatic heterocycles. The zero-order chi connectivity index (χ0) is 19.5. The Kier molecular flexibility index (Phi) is 4.23. The molecule has 0 aliphatic carbocycles. The molecule has 136 valence electrons. The second kappa shape index (κ2) is 7.00. The highest BCUT2D eigenvalue weighted by Gasteiger charge is 2.26. The fourth-order valence-electron chi connectivity index (χ4n) is 2.71. The number of hydrogen-bond donors (Lipinski definition) is 2. The summed E-state index contributed by atoms with van der Waals surface area (Å²) < 4.78 is 4.74. The molecule has 0 aliphatic rings. The van der Waals surface area contributed by atoms with Gasteiger partial charge in [-0.05, 0) is 40.6 Å². The van der Waals surface area contributed by atoms with E-state index in [-0.39, 0.29) is 22.4 Å². The van der Waals surface area contributed by atoms with Crippen molar-refractivity contribution in [2.45, 2.75) is 0 Å². The van der Waals surface area contributed by atoms with Gasteiger partial charge in [0.1, 0.15) is 17.6 Å². The highest BCUT2D eigenvalue weighted by Crippen LogP contribution is 2.39. The summed E-state index contributed by atoms with van der Waals surface area (Å²) in [7, 11) is 0. The average Bonchev–Trinajstić information content (AvgIpc) is 3.18. The third-order valence-corrected chi connectivity index (χ3v) is 3.94. The van der Waals surface area contributed by atoms with Crippen molar-refractivity contribution in [3.63, 3.8) is 0 Å². The first-order chi connectivity index (χ1) is 13.7. The van der Waals surface area contributed by atoms with Crippen molar-refractivity contribution in [2.24, 2.45) is 0 Å². The number of nitro benzene ring substituents is 1. The quantitative estimate of drug-likeness (QED) is 0.393. The van der Waals surface area contributed by atoms with Gasteiger partial charge >= 0.3 is 5.69 Å². The van der Waals surface area contributed by atoms with E-state index in [1.807, 2.05) is 0 Å². The van der Waals surface area contributed by atoms with Gasteiger partial charge in [-0.15, -0.1) is 0 Å². The molecule has 4 rings (SSSR count). The Morgan fingerprint density at radius 2 is 1.79 bits per heavy atom. The number of pyridine rings is 1. The van der Waals surface area contributed by atoms with E-state index in [1.54, 1.807) is 48.7 Å². The van der Waals surface area contributed by atoms with Gasteiger partial charge in [0, 0.05) is 6.20 Å². The van der Waals surface area contributed by atoms with Gasteiger partial charge in [-0.1, -0.05) is 18.2 Å². The van der Waals surface area contributed by atoms with Gasteiger partial charge in [0.2, 0.25) is 5.52 Å². The molecular weight excluding hydrogens is 362 g/mol. The molecule has 0 saturated carbocycles. The molecule has 0 saturated heterocycles. The molecule has 0 atom stereocenters. The maximum atomic E-state index is 11.7. The van der Waals surface area contributed by atoms with Crippen molar-refractivity contribution >= 4 is 39.6 Å². The lowest BCUT2D eigenvalue weighted by Gasteiger charge is -2.11. The Balaban J connectivity index is 1.87. The summed E-state index contributed by atoms with van der Waals surface area (Å²) in [6.45, 7) is 0. The summed E-state index contributed by atoms with van der Waals surface area (Å²) in [6.07, 6.45) is 1.56. The van der Waals surface area contributed by atoms with Crippen LogP contribution in [-0.4, -0.2) is 20.2 Å². The molecule has 0 spiro atoms. The van der Waals surface area contributed by atoms with E-state index >= 15 is 0 Å². The first-order valence-corrected chi connectivity index (χ1v) is 8.05. The summed E-state index contributed by atoms with van der Waals surface area (Å²) >= 11 is 0. The highest BCUT2D eigenvalue weighted by molar-refractivity contribution is 6.01. The summed E-state index contributed by atoms with van der Waals surface area (Å²) in [4.78, 5) is 15.2. The predicted molar refractivity (Wildman–Crippen MR) is 100 cm³/mol. The SMILES string of the molecule is N#Cc1ccccc1Nc1cc(Nc2ccccn2)c([N+](=O)[O-])c2nonc12. The molecule has 0 radical (unpaired) electrons. The first kappa shape index (κ1) is 16.9. The van der Waals surface area contributed by atoms with E-state index in [2.05, 4.69) is 32.0 Å². The number of anilines is 4. The van der Waals surface area contributed by atoms with Gasteiger partial charge in [-0.25, -0.2) is 9.61 Å². The molecule has 0 amide bonds. The van der Waals surface area contributed by atoms with E-state index in [1.165, 1.54) is 6.07 Å². The summed E-state index contributed by atoms with van der Waals surface area (Å²) in [6, 6.07) is 15.6. The molecule has 10 nitrogen and oxygen atoms in total. The van der Waals surface area contributed by atoms with Gasteiger partial charge in [-0.3, -0.25) is 10.1 Å². The van der Waals surface area contributed by atoms with Crippen LogP contribution in [0.4, 0.5) is 28.6 Å². The number of para-hydroxylation sites is 1. The molecule has 2 N–H and O–H groups in total. The van der Waals surface area contributed by atoms with E-state index in [9.17, 15) is 15.4 Å². The topological polar surface area (TPSA) is 143 Å². The van der Waals surface area contributed by atoms with E-state index in [0.29, 0.717) is 22.8 Å². The standard InChI is InChI=1S/C18H11N7O3/c19-10-11-5-1-2-6-12(11)21-13-9-14(22-15-7-3-4-8-20-15)18(25(26)27)17-16(13)23-28-24-17/h1-9,21H,(H,20,22). The second-order valence-electron chi connectivity index (χ2n) is 5.66. The number of rotatable bonds is 5. The number of fused-ring (bicyclic) bond motifs is 1. The lowest BCUT2D eigenvalue weighted by molar-refractivity contribution is -0.382. The van der Waals surface area contributed by atoms with Crippen LogP contribution in [0, 0.1) is 21.4 Å². The number of benzene rings is 2. The summed E-state index contributed by atoms with van der Waals surface area (Å²) in [5.41, 5.74) is 1.33. The zero-order valence-electron chi connectivity index (χ0n) is 14.2. The smallest absolute Gasteiger partial charge is 0.324 e. The molecule has 0 unspecified atom stereocenters. The number of nitrogens with one attached hydrogen (secondary N) is 2. The van der Waals surface area contributed by atoms with Crippen molar-refractivity contribution < 1.29 is 9.55 Å². The minimum Gasteiger partial charge on any atom is -0.352 e. The maximum absolute atomic E-state index is 11.7. The molecule has 4 aromatic rings. The van der Waals surface area contributed by atoms with E-state index < -0.39 is 4.92 Å². The number of nitrogens with zero attached hydrogens (tertiary/aromatic N) is 5. The first-order valence-electron chi connectivity index (χ1n) is 8.05. The van der Waals surface area contributed by atoms with Gasteiger partial charge in [0.05, 0.1) is 21.9 Å². The fourth-order valence-corrected chi connectivity index (χ4v) is 2.71. The van der Waals surface area contributed by atoms with Gasteiger partial charge < -0.3 is 10.6 Å². The Morgan fingerprint density at radius 1 is 1.00 bits per heavy atom. The van der Waals surface area contributed by atoms with Crippen LogP contribution in [0.15, 0.2) is 59.4 Å². The van der Waals surface area contributed by atoms with Crippen molar-refractivity contribution in [3.05, 3.63) is 70.4 Å².